The molecule has 2 aromatic carbocycles. The minimum Gasteiger partial charge on any atom is -0.477 e. The van der Waals surface area contributed by atoms with E-state index in [1.54, 1.807) is 6.92 Å². The van der Waals surface area contributed by atoms with E-state index >= 15 is 0 Å². The normalized spacial score (nSPS) is 11.4. The number of hydrogen-bond acceptors (Lipinski definition) is 5. The molecular weight excluding hydrogens is 328 g/mol. The van der Waals surface area contributed by atoms with E-state index in [9.17, 15) is 19.7 Å². The third-order valence-corrected chi connectivity index (χ3v) is 3.50. The zero-order chi connectivity index (χ0) is 18.4. The van der Waals surface area contributed by atoms with E-state index in [0.29, 0.717) is 5.56 Å². The summed E-state index contributed by atoms with van der Waals surface area (Å²) in [6.07, 6.45) is -0.679. The molecule has 0 saturated heterocycles. The molecule has 1 amide bonds. The molecule has 2 rings (SSSR count). The van der Waals surface area contributed by atoms with Crippen molar-refractivity contribution in [2.24, 2.45) is 0 Å². The van der Waals surface area contributed by atoms with Crippen molar-refractivity contribution >= 4 is 17.7 Å². The number of nitrogens with one attached hydrogen (secondary N) is 1. The smallest absolute Gasteiger partial charge is 0.407 e. The molecule has 0 saturated carbocycles. The van der Waals surface area contributed by atoms with Gasteiger partial charge in [0.2, 0.25) is 0 Å². The van der Waals surface area contributed by atoms with Crippen LogP contribution in [0.3, 0.4) is 0 Å². The summed E-state index contributed by atoms with van der Waals surface area (Å²) in [5.74, 6) is -1.39. The van der Waals surface area contributed by atoms with Gasteiger partial charge in [0.15, 0.2) is 0 Å². The number of carboxylic acids is 1. The molecule has 0 radical (unpaired) electrons. The molecule has 0 bridgehead atoms. The predicted molar refractivity (Wildman–Crippen MR) is 88.2 cm³/mol. The fourth-order valence-electron chi connectivity index (χ4n) is 2.17. The van der Waals surface area contributed by atoms with Crippen LogP contribution in [0, 0.1) is 10.1 Å². The first-order chi connectivity index (χ1) is 11.9. The zero-order valence-corrected chi connectivity index (χ0v) is 13.3. The quantitative estimate of drug-likeness (QED) is 0.613. The number of rotatable bonds is 6. The van der Waals surface area contributed by atoms with Crippen LogP contribution in [0.4, 0.5) is 10.5 Å². The molecule has 0 fully saturated rings. The summed E-state index contributed by atoms with van der Waals surface area (Å²) in [5, 5.41) is 22.5. The van der Waals surface area contributed by atoms with Crippen molar-refractivity contribution < 1.29 is 24.4 Å². The van der Waals surface area contributed by atoms with Gasteiger partial charge in [0.25, 0.3) is 5.69 Å². The maximum atomic E-state index is 11.8. The fraction of sp³-hybridized carbons (Fsp3) is 0.176. The number of carbonyl (C=O) groups excluding carboxylic acids is 1. The van der Waals surface area contributed by atoms with Gasteiger partial charge < -0.3 is 15.2 Å². The average molecular weight is 344 g/mol. The van der Waals surface area contributed by atoms with Crippen molar-refractivity contribution in [2.75, 3.05) is 0 Å². The Labute approximate surface area is 143 Å². The first-order valence-corrected chi connectivity index (χ1v) is 7.37. The number of nitro benzene ring substituents is 1. The van der Waals surface area contributed by atoms with Crippen LogP contribution in [0.15, 0.2) is 48.5 Å². The highest BCUT2D eigenvalue weighted by Crippen LogP contribution is 2.24. The molecule has 2 aromatic rings. The van der Waals surface area contributed by atoms with Crippen molar-refractivity contribution in [3.63, 3.8) is 0 Å². The van der Waals surface area contributed by atoms with Crippen molar-refractivity contribution in [3.8, 4) is 0 Å². The van der Waals surface area contributed by atoms with Gasteiger partial charge in [0, 0.05) is 6.07 Å². The molecule has 25 heavy (non-hydrogen) atoms. The van der Waals surface area contributed by atoms with Crippen LogP contribution in [-0.4, -0.2) is 22.1 Å². The van der Waals surface area contributed by atoms with Gasteiger partial charge in [0.05, 0.1) is 11.0 Å². The van der Waals surface area contributed by atoms with Gasteiger partial charge in [-0.05, 0) is 24.1 Å². The van der Waals surface area contributed by atoms with E-state index < -0.39 is 34.3 Å². The molecule has 2 N–H and O–H groups in total. The van der Waals surface area contributed by atoms with Gasteiger partial charge in [0.1, 0.15) is 12.2 Å². The second-order valence-electron chi connectivity index (χ2n) is 5.27. The monoisotopic (exact) mass is 344 g/mol. The van der Waals surface area contributed by atoms with Gasteiger partial charge in [-0.25, -0.2) is 9.59 Å². The summed E-state index contributed by atoms with van der Waals surface area (Å²) < 4.78 is 5.08. The lowest BCUT2D eigenvalue weighted by Crippen LogP contribution is -2.27. The zero-order valence-electron chi connectivity index (χ0n) is 13.3. The Morgan fingerprint density at radius 2 is 1.92 bits per heavy atom. The van der Waals surface area contributed by atoms with Crippen molar-refractivity contribution in [1.29, 1.82) is 0 Å². The number of ether oxygens (including phenoxy) is 1. The predicted octanol–water partition coefficient (Wildman–Crippen LogP) is 3.28. The second-order valence-corrected chi connectivity index (χ2v) is 5.27. The number of nitrogens with zero attached hydrogens (tertiary/aromatic N) is 1. The third kappa shape index (κ3) is 4.77. The molecule has 0 aliphatic rings. The Morgan fingerprint density at radius 1 is 1.24 bits per heavy atom. The van der Waals surface area contributed by atoms with Crippen LogP contribution in [0.25, 0.3) is 0 Å². The highest BCUT2D eigenvalue weighted by atomic mass is 16.6. The molecule has 130 valence electrons. The van der Waals surface area contributed by atoms with Crippen molar-refractivity contribution in [1.82, 2.24) is 5.32 Å². The van der Waals surface area contributed by atoms with Gasteiger partial charge in [-0.2, -0.15) is 0 Å². The lowest BCUT2D eigenvalue weighted by atomic mass is 10.0. The summed E-state index contributed by atoms with van der Waals surface area (Å²) in [4.78, 5) is 33.1. The molecule has 0 heterocycles. The standard InChI is InChI=1S/C17H16N2O6/c1-11(18-17(22)25-10-12-5-3-2-4-6-12)13-7-8-14(16(20)21)15(9-13)19(23)24/h2-9,11H,10H2,1H3,(H,18,22)(H,20,21)/t11-/m1/s1. The molecule has 0 aliphatic heterocycles. The number of carboxylic acid groups (broad SMARTS) is 1. The molecule has 8 nitrogen and oxygen atoms in total. The van der Waals surface area contributed by atoms with Crippen LogP contribution in [0.2, 0.25) is 0 Å². The van der Waals surface area contributed by atoms with Gasteiger partial charge in [-0.1, -0.05) is 36.4 Å². The van der Waals surface area contributed by atoms with E-state index in [4.69, 9.17) is 9.84 Å². The lowest BCUT2D eigenvalue weighted by molar-refractivity contribution is -0.385. The fourth-order valence-corrected chi connectivity index (χ4v) is 2.17. The number of carbonyl (C=O) groups is 2. The van der Waals surface area contributed by atoms with Crippen LogP contribution in [0.5, 0.6) is 0 Å². The van der Waals surface area contributed by atoms with Gasteiger partial charge in [-0.3, -0.25) is 10.1 Å². The van der Waals surface area contributed by atoms with Crippen LogP contribution in [0.1, 0.15) is 34.5 Å². The largest absolute Gasteiger partial charge is 0.477 e. The number of benzene rings is 2. The Balaban J connectivity index is 2.03. The Morgan fingerprint density at radius 3 is 2.52 bits per heavy atom. The topological polar surface area (TPSA) is 119 Å². The highest BCUT2D eigenvalue weighted by molar-refractivity contribution is 5.92. The van der Waals surface area contributed by atoms with Gasteiger partial charge >= 0.3 is 12.1 Å². The van der Waals surface area contributed by atoms with E-state index in [1.165, 1.54) is 6.07 Å². The van der Waals surface area contributed by atoms with E-state index in [-0.39, 0.29) is 6.61 Å². The van der Waals surface area contributed by atoms with Crippen molar-refractivity contribution in [2.45, 2.75) is 19.6 Å². The SMILES string of the molecule is C[C@@H](NC(=O)OCc1ccccc1)c1ccc(C(=O)O)c([N+](=O)[O-])c1. The van der Waals surface area contributed by atoms with Crippen LogP contribution < -0.4 is 5.32 Å². The molecule has 8 heteroatoms. The molecule has 0 spiro atoms. The number of alkyl carbamates (subject to hydrolysis) is 1. The maximum Gasteiger partial charge on any atom is 0.407 e. The second kappa shape index (κ2) is 7.91. The number of nitro groups is 1. The summed E-state index contributed by atoms with van der Waals surface area (Å²) in [5.41, 5.74) is 0.282. The maximum absolute atomic E-state index is 11.8. The van der Waals surface area contributed by atoms with E-state index in [1.807, 2.05) is 30.3 Å². The van der Waals surface area contributed by atoms with E-state index in [2.05, 4.69) is 5.32 Å². The number of aromatic carboxylic acids is 1. The average Bonchev–Trinajstić information content (AvgIpc) is 2.60. The Bertz CT molecular complexity index is 791. The first kappa shape index (κ1) is 17.9. The minimum atomic E-state index is -1.39. The minimum absolute atomic E-state index is 0.0947. The summed E-state index contributed by atoms with van der Waals surface area (Å²) >= 11 is 0. The summed E-state index contributed by atoms with van der Waals surface area (Å²) in [6.45, 7) is 1.71. The molecule has 0 unspecified atom stereocenters. The Kier molecular flexibility index (Phi) is 5.67. The third-order valence-electron chi connectivity index (χ3n) is 3.50. The number of hydrogen-bond donors (Lipinski definition) is 2. The lowest BCUT2D eigenvalue weighted by Gasteiger charge is -2.14. The van der Waals surface area contributed by atoms with Crippen LogP contribution >= 0.6 is 0 Å². The van der Waals surface area contributed by atoms with E-state index in [0.717, 1.165) is 17.7 Å². The first-order valence-electron chi connectivity index (χ1n) is 7.37. The molecule has 0 aliphatic carbocycles. The Hall–Kier alpha value is -3.42. The molecule has 0 aromatic heterocycles. The van der Waals surface area contributed by atoms with Crippen molar-refractivity contribution in [3.05, 3.63) is 75.3 Å². The highest BCUT2D eigenvalue weighted by Gasteiger charge is 2.22. The molecule has 1 atom stereocenters. The van der Waals surface area contributed by atoms with Crippen LogP contribution in [-0.2, 0) is 11.3 Å². The summed E-state index contributed by atoms with van der Waals surface area (Å²) in [7, 11) is 0. The van der Waals surface area contributed by atoms with Gasteiger partial charge in [-0.15, -0.1) is 0 Å². The molecular formula is C17H16N2O6. The summed E-state index contributed by atoms with van der Waals surface area (Å²) in [6, 6.07) is 12.2. The number of amides is 1.